The molecule has 0 bridgehead atoms. The maximum absolute atomic E-state index is 12.0. The summed E-state index contributed by atoms with van der Waals surface area (Å²) in [5, 5.41) is 11.7. The van der Waals surface area contributed by atoms with Crippen LogP contribution in [0.5, 0.6) is 0 Å². The third-order valence-electron chi connectivity index (χ3n) is 3.64. The minimum Gasteiger partial charge on any atom is -0.376 e. The van der Waals surface area contributed by atoms with Gasteiger partial charge in [0.25, 0.3) is 0 Å². The largest absolute Gasteiger partial charge is 0.376 e. The van der Waals surface area contributed by atoms with Crippen LogP contribution in [-0.2, 0) is 9.53 Å². The summed E-state index contributed by atoms with van der Waals surface area (Å²) in [6.07, 6.45) is 0.657. The number of anilines is 1. The zero-order valence-corrected chi connectivity index (χ0v) is 12.5. The van der Waals surface area contributed by atoms with Crippen LogP contribution in [0.4, 0.5) is 5.69 Å². The molecule has 5 heteroatoms. The molecule has 1 aliphatic heterocycles. The van der Waals surface area contributed by atoms with E-state index >= 15 is 0 Å². The molecule has 1 aliphatic rings. The smallest absolute Gasteiger partial charge is 0.225 e. The molecule has 2 atom stereocenters. The van der Waals surface area contributed by atoms with E-state index in [-0.39, 0.29) is 12.0 Å². The second kappa shape index (κ2) is 7.21. The van der Waals surface area contributed by atoms with Crippen molar-refractivity contribution in [3.05, 3.63) is 29.8 Å². The van der Waals surface area contributed by atoms with Crippen LogP contribution in [0, 0.1) is 11.3 Å². The van der Waals surface area contributed by atoms with Gasteiger partial charge < -0.3 is 10.1 Å². The Morgan fingerprint density at radius 1 is 1.52 bits per heavy atom. The number of amides is 1. The third kappa shape index (κ3) is 4.55. The van der Waals surface area contributed by atoms with Crippen LogP contribution in [0.3, 0.4) is 0 Å². The zero-order chi connectivity index (χ0) is 15.2. The number of rotatable bonds is 4. The van der Waals surface area contributed by atoms with Gasteiger partial charge in [-0.25, -0.2) is 0 Å². The molecule has 1 fully saturated rings. The highest BCUT2D eigenvalue weighted by atomic mass is 16.5. The first-order chi connectivity index (χ1) is 10.1. The lowest BCUT2D eigenvalue weighted by Gasteiger charge is -2.36. The van der Waals surface area contributed by atoms with E-state index in [1.165, 1.54) is 0 Å². The Hall–Kier alpha value is -1.90. The molecule has 1 aromatic carbocycles. The number of nitrogens with one attached hydrogen (secondary N) is 1. The molecule has 1 saturated heterocycles. The van der Waals surface area contributed by atoms with Gasteiger partial charge in [0, 0.05) is 31.2 Å². The van der Waals surface area contributed by atoms with Gasteiger partial charge in [-0.15, -0.1) is 0 Å². The molecule has 2 unspecified atom stereocenters. The predicted octanol–water partition coefficient (Wildman–Crippen LogP) is 2.00. The first kappa shape index (κ1) is 15.5. The third-order valence-corrected chi connectivity index (χ3v) is 3.64. The minimum absolute atomic E-state index is 0.0311. The number of hydrogen-bond donors (Lipinski definition) is 1. The monoisotopic (exact) mass is 287 g/mol. The standard InChI is InChI=1S/C16H21N3O2/c1-12-11-21-13(2)10-19(12)7-6-16(20)18-15-5-3-4-14(8-15)9-17/h3-5,8,12-13H,6-7,10-11H2,1-2H3,(H,18,20). The van der Waals surface area contributed by atoms with E-state index in [2.05, 4.69) is 23.2 Å². The van der Waals surface area contributed by atoms with Crippen molar-refractivity contribution in [1.82, 2.24) is 4.90 Å². The van der Waals surface area contributed by atoms with Gasteiger partial charge in [0.05, 0.1) is 24.3 Å². The quantitative estimate of drug-likeness (QED) is 0.920. The van der Waals surface area contributed by atoms with E-state index < -0.39 is 0 Å². The minimum atomic E-state index is -0.0311. The number of carbonyl (C=O) groups excluding carboxylic acids is 1. The van der Waals surface area contributed by atoms with Gasteiger partial charge in [-0.3, -0.25) is 9.69 Å². The molecule has 0 radical (unpaired) electrons. The van der Waals surface area contributed by atoms with Crippen LogP contribution >= 0.6 is 0 Å². The van der Waals surface area contributed by atoms with Crippen LogP contribution in [0.2, 0.25) is 0 Å². The number of hydrogen-bond acceptors (Lipinski definition) is 4. The number of benzene rings is 1. The Bertz CT molecular complexity index is 539. The molecule has 0 saturated carbocycles. The van der Waals surface area contributed by atoms with Crippen molar-refractivity contribution in [2.24, 2.45) is 0 Å². The number of carbonyl (C=O) groups is 1. The Labute approximate surface area is 125 Å². The molecular formula is C16H21N3O2. The van der Waals surface area contributed by atoms with Crippen LogP contribution < -0.4 is 5.32 Å². The number of nitriles is 1. The maximum Gasteiger partial charge on any atom is 0.225 e. The van der Waals surface area contributed by atoms with E-state index in [0.29, 0.717) is 30.3 Å². The van der Waals surface area contributed by atoms with Crippen molar-refractivity contribution in [3.8, 4) is 6.07 Å². The van der Waals surface area contributed by atoms with Crippen molar-refractivity contribution in [2.45, 2.75) is 32.4 Å². The van der Waals surface area contributed by atoms with E-state index in [1.807, 2.05) is 6.92 Å². The van der Waals surface area contributed by atoms with Crippen molar-refractivity contribution >= 4 is 11.6 Å². The Morgan fingerprint density at radius 3 is 3.10 bits per heavy atom. The summed E-state index contributed by atoms with van der Waals surface area (Å²) in [6, 6.07) is 9.35. The fraction of sp³-hybridized carbons (Fsp3) is 0.500. The summed E-state index contributed by atoms with van der Waals surface area (Å²) >= 11 is 0. The second-order valence-corrected chi connectivity index (χ2v) is 5.48. The average molecular weight is 287 g/mol. The van der Waals surface area contributed by atoms with Crippen LogP contribution in [0.15, 0.2) is 24.3 Å². The van der Waals surface area contributed by atoms with Crippen LogP contribution in [-0.4, -0.2) is 42.6 Å². The first-order valence-corrected chi connectivity index (χ1v) is 7.24. The summed E-state index contributed by atoms with van der Waals surface area (Å²) in [5.41, 5.74) is 1.21. The molecule has 1 heterocycles. The maximum atomic E-state index is 12.0. The van der Waals surface area contributed by atoms with Gasteiger partial charge in [-0.1, -0.05) is 6.07 Å². The van der Waals surface area contributed by atoms with E-state index in [0.717, 1.165) is 13.1 Å². The Morgan fingerprint density at radius 2 is 2.33 bits per heavy atom. The SMILES string of the molecule is CC1CN(CCC(=O)Nc2cccc(C#N)c2)C(C)CO1. The van der Waals surface area contributed by atoms with E-state index in [1.54, 1.807) is 24.3 Å². The van der Waals surface area contributed by atoms with Crippen molar-refractivity contribution < 1.29 is 9.53 Å². The normalized spacial score (nSPS) is 22.5. The summed E-state index contributed by atoms with van der Waals surface area (Å²) in [6.45, 7) is 6.45. The lowest BCUT2D eigenvalue weighted by Crippen LogP contribution is -2.48. The molecule has 0 aliphatic carbocycles. The van der Waals surface area contributed by atoms with Gasteiger partial charge in [0.1, 0.15) is 0 Å². The summed E-state index contributed by atoms with van der Waals surface area (Å²) < 4.78 is 5.58. The van der Waals surface area contributed by atoms with Gasteiger partial charge in [-0.2, -0.15) is 5.26 Å². The van der Waals surface area contributed by atoms with Crippen LogP contribution in [0.25, 0.3) is 0 Å². The molecule has 112 valence electrons. The fourth-order valence-electron chi connectivity index (χ4n) is 2.42. The molecule has 5 nitrogen and oxygen atoms in total. The average Bonchev–Trinajstić information content (AvgIpc) is 2.48. The van der Waals surface area contributed by atoms with Gasteiger partial charge in [-0.05, 0) is 32.0 Å². The molecule has 21 heavy (non-hydrogen) atoms. The molecule has 0 spiro atoms. The highest BCUT2D eigenvalue weighted by molar-refractivity contribution is 5.90. The van der Waals surface area contributed by atoms with E-state index in [9.17, 15) is 4.79 Å². The van der Waals surface area contributed by atoms with E-state index in [4.69, 9.17) is 10.00 Å². The number of ether oxygens (including phenoxy) is 1. The highest BCUT2D eigenvalue weighted by Gasteiger charge is 2.23. The van der Waals surface area contributed by atoms with Crippen molar-refractivity contribution in [2.75, 3.05) is 25.0 Å². The molecule has 0 aromatic heterocycles. The van der Waals surface area contributed by atoms with Crippen molar-refractivity contribution in [3.63, 3.8) is 0 Å². The van der Waals surface area contributed by atoms with Gasteiger partial charge in [0.15, 0.2) is 0 Å². The molecule has 1 N–H and O–H groups in total. The van der Waals surface area contributed by atoms with Gasteiger partial charge >= 0.3 is 0 Å². The second-order valence-electron chi connectivity index (χ2n) is 5.48. The lowest BCUT2D eigenvalue weighted by molar-refractivity contribution is -0.117. The summed E-state index contributed by atoms with van der Waals surface area (Å²) in [4.78, 5) is 14.3. The number of nitrogens with zero attached hydrogens (tertiary/aromatic N) is 2. The zero-order valence-electron chi connectivity index (χ0n) is 12.5. The topological polar surface area (TPSA) is 65.4 Å². The highest BCUT2D eigenvalue weighted by Crippen LogP contribution is 2.13. The van der Waals surface area contributed by atoms with Crippen molar-refractivity contribution in [1.29, 1.82) is 5.26 Å². The predicted molar refractivity (Wildman–Crippen MR) is 80.9 cm³/mol. The summed E-state index contributed by atoms with van der Waals surface area (Å²) in [7, 11) is 0. The van der Waals surface area contributed by atoms with Gasteiger partial charge in [0.2, 0.25) is 5.91 Å². The summed E-state index contributed by atoms with van der Waals surface area (Å²) in [5.74, 6) is -0.0311. The van der Waals surface area contributed by atoms with Crippen LogP contribution in [0.1, 0.15) is 25.8 Å². The molecule has 1 aromatic rings. The first-order valence-electron chi connectivity index (χ1n) is 7.24. The fourth-order valence-corrected chi connectivity index (χ4v) is 2.42. The molecule has 1 amide bonds. The molecule has 2 rings (SSSR count). The Kier molecular flexibility index (Phi) is 5.32. The molecular weight excluding hydrogens is 266 g/mol. The number of morpholine rings is 1. The lowest BCUT2D eigenvalue weighted by atomic mass is 10.2. The Balaban J connectivity index is 1.83.